The summed E-state index contributed by atoms with van der Waals surface area (Å²) in [6.07, 6.45) is 7.47. The highest BCUT2D eigenvalue weighted by Gasteiger charge is 2.13. The molecule has 156 valence electrons. The number of amides is 2. The maximum absolute atomic E-state index is 12.4. The third kappa shape index (κ3) is 5.32. The number of benzene rings is 2. The van der Waals surface area contributed by atoms with Gasteiger partial charge in [0.15, 0.2) is 0 Å². The van der Waals surface area contributed by atoms with Crippen LogP contribution < -0.4 is 10.6 Å². The molecule has 0 unspecified atom stereocenters. The van der Waals surface area contributed by atoms with Crippen LogP contribution in [0.15, 0.2) is 90.2 Å². The number of carbonyl (C=O) groups excluding carboxylic acids is 1. The van der Waals surface area contributed by atoms with Crippen molar-refractivity contribution in [3.05, 3.63) is 96.4 Å². The summed E-state index contributed by atoms with van der Waals surface area (Å²) in [5, 5.41) is 10.6. The molecule has 0 radical (unpaired) electrons. The van der Waals surface area contributed by atoms with E-state index >= 15 is 0 Å². The summed E-state index contributed by atoms with van der Waals surface area (Å²) in [7, 11) is 0. The number of thioether (sulfide) groups is 1. The monoisotopic (exact) mass is 429 g/mol. The normalized spacial score (nSPS) is 10.6. The van der Waals surface area contributed by atoms with E-state index in [1.807, 2.05) is 71.7 Å². The van der Waals surface area contributed by atoms with Gasteiger partial charge in [-0.1, -0.05) is 30.3 Å². The van der Waals surface area contributed by atoms with Gasteiger partial charge in [0.1, 0.15) is 0 Å². The lowest BCUT2D eigenvalue weighted by Gasteiger charge is -2.08. The molecule has 0 saturated carbocycles. The molecule has 4 aromatic rings. The van der Waals surface area contributed by atoms with Gasteiger partial charge < -0.3 is 10.6 Å². The molecular formula is C24H23N5OS. The Morgan fingerprint density at radius 2 is 1.65 bits per heavy atom. The van der Waals surface area contributed by atoms with Crippen molar-refractivity contribution in [1.29, 1.82) is 0 Å². The molecule has 0 aliphatic carbocycles. The van der Waals surface area contributed by atoms with Gasteiger partial charge in [0, 0.05) is 47.7 Å². The third-order valence-electron chi connectivity index (χ3n) is 4.82. The zero-order valence-corrected chi connectivity index (χ0v) is 18.0. The number of pyridine rings is 1. The van der Waals surface area contributed by atoms with E-state index in [0.29, 0.717) is 13.1 Å². The average molecular weight is 430 g/mol. The molecule has 2 aromatic heterocycles. The number of para-hydroxylation sites is 1. The summed E-state index contributed by atoms with van der Waals surface area (Å²) in [5.74, 6) is 0. The molecule has 0 bridgehead atoms. The van der Waals surface area contributed by atoms with Gasteiger partial charge in [-0.25, -0.2) is 9.48 Å². The van der Waals surface area contributed by atoms with Crippen molar-refractivity contribution in [1.82, 2.24) is 25.4 Å². The minimum Gasteiger partial charge on any atom is -0.334 e. The molecule has 2 amide bonds. The van der Waals surface area contributed by atoms with Crippen LogP contribution in [-0.4, -0.2) is 27.1 Å². The number of rotatable bonds is 7. The minimum atomic E-state index is -0.220. The Morgan fingerprint density at radius 1 is 0.935 bits per heavy atom. The summed E-state index contributed by atoms with van der Waals surface area (Å²) in [4.78, 5) is 17.7. The van der Waals surface area contributed by atoms with Gasteiger partial charge in [0.2, 0.25) is 0 Å². The Morgan fingerprint density at radius 3 is 2.35 bits per heavy atom. The topological polar surface area (TPSA) is 71.8 Å². The van der Waals surface area contributed by atoms with Gasteiger partial charge in [0.25, 0.3) is 0 Å². The first-order valence-electron chi connectivity index (χ1n) is 9.92. The van der Waals surface area contributed by atoms with E-state index in [1.54, 1.807) is 24.2 Å². The van der Waals surface area contributed by atoms with Crippen LogP contribution in [-0.2, 0) is 13.1 Å². The van der Waals surface area contributed by atoms with Gasteiger partial charge in [-0.15, -0.1) is 11.8 Å². The number of aromatic nitrogens is 3. The highest BCUT2D eigenvalue weighted by atomic mass is 32.2. The molecule has 2 aromatic carbocycles. The van der Waals surface area contributed by atoms with E-state index in [0.717, 1.165) is 28.1 Å². The second-order valence-electron chi connectivity index (χ2n) is 6.90. The quantitative estimate of drug-likeness (QED) is 0.419. The van der Waals surface area contributed by atoms with Crippen LogP contribution in [0.4, 0.5) is 4.79 Å². The molecule has 0 fully saturated rings. The average Bonchev–Trinajstić information content (AvgIpc) is 3.27. The van der Waals surface area contributed by atoms with E-state index < -0.39 is 0 Å². The fourth-order valence-corrected chi connectivity index (χ4v) is 3.58. The Hall–Kier alpha value is -3.58. The number of urea groups is 1. The van der Waals surface area contributed by atoms with Gasteiger partial charge in [-0.2, -0.15) is 5.10 Å². The second-order valence-corrected chi connectivity index (χ2v) is 7.78. The number of hydrogen-bond acceptors (Lipinski definition) is 4. The molecule has 31 heavy (non-hydrogen) atoms. The van der Waals surface area contributed by atoms with Crippen molar-refractivity contribution >= 4 is 17.8 Å². The standard InChI is InChI=1S/C24H23N5OS/c1-31-22-9-7-18(8-10-22)15-26-24(30)27-16-20-17-29(21-5-3-2-4-6-21)28-23(20)19-11-13-25-14-12-19/h2-14,17H,15-16H2,1H3,(H2,26,27,30). The van der Waals surface area contributed by atoms with Crippen LogP contribution >= 0.6 is 11.8 Å². The fourth-order valence-electron chi connectivity index (χ4n) is 3.17. The lowest BCUT2D eigenvalue weighted by molar-refractivity contribution is 0.240. The summed E-state index contributed by atoms with van der Waals surface area (Å²) >= 11 is 1.70. The molecular weight excluding hydrogens is 406 g/mol. The first-order chi connectivity index (χ1) is 15.2. The molecule has 4 rings (SSSR count). The van der Waals surface area contributed by atoms with E-state index in [-0.39, 0.29) is 6.03 Å². The lowest BCUT2D eigenvalue weighted by Crippen LogP contribution is -2.34. The first kappa shape index (κ1) is 20.7. The fraction of sp³-hybridized carbons (Fsp3) is 0.125. The zero-order chi connectivity index (χ0) is 21.5. The molecule has 2 heterocycles. The van der Waals surface area contributed by atoms with Crippen molar-refractivity contribution in [2.24, 2.45) is 0 Å². The predicted molar refractivity (Wildman–Crippen MR) is 124 cm³/mol. The Balaban J connectivity index is 1.45. The van der Waals surface area contributed by atoms with Crippen LogP contribution in [0.2, 0.25) is 0 Å². The van der Waals surface area contributed by atoms with Gasteiger partial charge in [0.05, 0.1) is 11.4 Å². The molecule has 6 nitrogen and oxygen atoms in total. The molecule has 0 aliphatic heterocycles. The van der Waals surface area contributed by atoms with Crippen LogP contribution in [0.3, 0.4) is 0 Å². The maximum atomic E-state index is 12.4. The van der Waals surface area contributed by atoms with E-state index in [1.165, 1.54) is 4.90 Å². The van der Waals surface area contributed by atoms with Gasteiger partial charge in [-0.05, 0) is 48.2 Å². The van der Waals surface area contributed by atoms with Crippen LogP contribution in [0, 0.1) is 0 Å². The number of nitrogens with zero attached hydrogens (tertiary/aromatic N) is 3. The number of hydrogen-bond donors (Lipinski definition) is 2. The van der Waals surface area contributed by atoms with Crippen molar-refractivity contribution < 1.29 is 4.79 Å². The minimum absolute atomic E-state index is 0.220. The Bertz CT molecular complexity index is 1130. The van der Waals surface area contributed by atoms with Crippen molar-refractivity contribution in [2.75, 3.05) is 6.26 Å². The smallest absolute Gasteiger partial charge is 0.315 e. The number of nitrogens with one attached hydrogen (secondary N) is 2. The lowest BCUT2D eigenvalue weighted by atomic mass is 10.1. The van der Waals surface area contributed by atoms with Gasteiger partial charge >= 0.3 is 6.03 Å². The predicted octanol–water partition coefficient (Wildman–Crippen LogP) is 4.66. The highest BCUT2D eigenvalue weighted by molar-refractivity contribution is 7.98. The largest absolute Gasteiger partial charge is 0.334 e. The SMILES string of the molecule is CSc1ccc(CNC(=O)NCc2cn(-c3ccccc3)nc2-c2ccncc2)cc1. The van der Waals surface area contributed by atoms with Crippen molar-refractivity contribution in [2.45, 2.75) is 18.0 Å². The molecule has 0 saturated heterocycles. The number of carbonyl (C=O) groups is 1. The van der Waals surface area contributed by atoms with Crippen molar-refractivity contribution in [3.63, 3.8) is 0 Å². The van der Waals surface area contributed by atoms with Crippen molar-refractivity contribution in [3.8, 4) is 16.9 Å². The Labute approximate surface area is 185 Å². The highest BCUT2D eigenvalue weighted by Crippen LogP contribution is 2.23. The van der Waals surface area contributed by atoms with Crippen LogP contribution in [0.5, 0.6) is 0 Å². The Kier molecular flexibility index (Phi) is 6.64. The molecule has 0 spiro atoms. The molecule has 2 N–H and O–H groups in total. The van der Waals surface area contributed by atoms with Crippen LogP contribution in [0.25, 0.3) is 16.9 Å². The van der Waals surface area contributed by atoms with Crippen LogP contribution in [0.1, 0.15) is 11.1 Å². The van der Waals surface area contributed by atoms with E-state index in [4.69, 9.17) is 5.10 Å². The summed E-state index contributed by atoms with van der Waals surface area (Å²) in [6, 6.07) is 21.7. The second kappa shape index (κ2) is 9.95. The van der Waals surface area contributed by atoms with Gasteiger partial charge in [-0.3, -0.25) is 4.98 Å². The molecule has 7 heteroatoms. The summed E-state index contributed by atoms with van der Waals surface area (Å²) < 4.78 is 1.83. The third-order valence-corrected chi connectivity index (χ3v) is 5.56. The summed E-state index contributed by atoms with van der Waals surface area (Å²) in [6.45, 7) is 0.836. The van der Waals surface area contributed by atoms with E-state index in [2.05, 4.69) is 27.8 Å². The summed E-state index contributed by atoms with van der Waals surface area (Å²) in [5.41, 5.74) is 4.72. The first-order valence-corrected chi connectivity index (χ1v) is 11.1. The maximum Gasteiger partial charge on any atom is 0.315 e. The zero-order valence-electron chi connectivity index (χ0n) is 17.2. The van der Waals surface area contributed by atoms with E-state index in [9.17, 15) is 4.79 Å². The molecule has 0 atom stereocenters. The molecule has 0 aliphatic rings.